The van der Waals surface area contributed by atoms with Gasteiger partial charge in [-0.05, 0) is 47.7 Å². The lowest BCUT2D eigenvalue weighted by molar-refractivity contribution is -0.136. The minimum absolute atomic E-state index is 0.0252. The van der Waals surface area contributed by atoms with Crippen LogP contribution in [0.2, 0.25) is 0 Å². The van der Waals surface area contributed by atoms with E-state index in [1.54, 1.807) is 12.1 Å². The lowest BCUT2D eigenvalue weighted by Crippen LogP contribution is -2.44. The monoisotopic (exact) mass is 532 g/mol. The minimum Gasteiger partial charge on any atom is -0.444 e. The van der Waals surface area contributed by atoms with Crippen molar-refractivity contribution in [2.24, 2.45) is 16.6 Å². The van der Waals surface area contributed by atoms with Crippen LogP contribution in [0.25, 0.3) is 0 Å². The van der Waals surface area contributed by atoms with E-state index in [0.717, 1.165) is 11.1 Å². The minimum atomic E-state index is -0.828. The number of hydrogen-bond acceptors (Lipinski definition) is 8. The molecule has 10 heteroatoms. The fraction of sp³-hybridized carbons (Fsp3) is 0.241. The molecule has 10 nitrogen and oxygen atoms in total. The Balaban J connectivity index is 1.66. The number of nitrogens with zero attached hydrogens (tertiary/aromatic N) is 1. The molecule has 3 aromatic rings. The number of nitrogens with one attached hydrogen (secondary N) is 2. The van der Waals surface area contributed by atoms with Gasteiger partial charge < -0.3 is 19.9 Å². The highest BCUT2D eigenvalue weighted by Crippen LogP contribution is 2.19. The Morgan fingerprint density at radius 1 is 0.769 bits per heavy atom. The molecule has 0 heterocycles. The highest BCUT2D eigenvalue weighted by Gasteiger charge is 2.17. The number of guanidine groups is 1. The molecule has 4 N–H and O–H groups in total. The van der Waals surface area contributed by atoms with Crippen LogP contribution in [-0.4, -0.2) is 30.2 Å². The second-order valence-electron chi connectivity index (χ2n) is 8.98. The number of ether oxygens (including phenoxy) is 3. The molecule has 0 aliphatic rings. The van der Waals surface area contributed by atoms with Gasteiger partial charge >= 0.3 is 18.2 Å². The van der Waals surface area contributed by atoms with Crippen LogP contribution < -0.4 is 21.1 Å². The Morgan fingerprint density at radius 3 is 1.72 bits per heavy atom. The maximum absolute atomic E-state index is 12.4. The number of esters is 1. The van der Waals surface area contributed by atoms with Crippen molar-refractivity contribution in [1.82, 2.24) is 10.6 Å². The maximum atomic E-state index is 12.4. The van der Waals surface area contributed by atoms with Gasteiger partial charge in [-0.15, -0.1) is 0 Å². The highest BCUT2D eigenvalue weighted by atomic mass is 16.6. The largest absolute Gasteiger partial charge is 0.444 e. The summed E-state index contributed by atoms with van der Waals surface area (Å²) in [6, 6.07) is 23.7. The van der Waals surface area contributed by atoms with E-state index < -0.39 is 24.2 Å². The van der Waals surface area contributed by atoms with E-state index in [-0.39, 0.29) is 30.8 Å². The summed E-state index contributed by atoms with van der Waals surface area (Å²) in [5.74, 6) is -0.215. The summed E-state index contributed by atoms with van der Waals surface area (Å²) in [5.41, 5.74) is 7.81. The first kappa shape index (κ1) is 28.9. The molecule has 0 unspecified atom stereocenters. The first-order valence-corrected chi connectivity index (χ1v) is 12.4. The third-order valence-electron chi connectivity index (χ3n) is 5.19. The van der Waals surface area contributed by atoms with Gasteiger partial charge in [-0.2, -0.15) is 0 Å². The fourth-order valence-corrected chi connectivity index (χ4v) is 3.31. The topological polar surface area (TPSA) is 141 Å². The lowest BCUT2D eigenvalue weighted by Gasteiger charge is -2.13. The molecule has 0 aliphatic heterocycles. The normalized spacial score (nSPS) is 11.2. The van der Waals surface area contributed by atoms with Gasteiger partial charge in [-0.3, -0.25) is 10.6 Å². The molecule has 0 aliphatic carbocycles. The van der Waals surface area contributed by atoms with Gasteiger partial charge in [-0.1, -0.05) is 74.5 Å². The summed E-state index contributed by atoms with van der Waals surface area (Å²) >= 11 is 0. The average molecular weight is 533 g/mol. The Kier molecular flexibility index (Phi) is 11.0. The molecule has 0 spiro atoms. The second kappa shape index (κ2) is 14.9. The third kappa shape index (κ3) is 10.7. The number of amides is 2. The van der Waals surface area contributed by atoms with Crippen LogP contribution in [0.3, 0.4) is 0 Å². The summed E-state index contributed by atoms with van der Waals surface area (Å²) < 4.78 is 15.8. The zero-order valence-electron chi connectivity index (χ0n) is 21.8. The molecule has 3 aromatic carbocycles. The van der Waals surface area contributed by atoms with Crippen molar-refractivity contribution in [2.75, 3.05) is 0 Å². The zero-order chi connectivity index (χ0) is 28.0. The Morgan fingerprint density at radius 2 is 1.26 bits per heavy atom. The van der Waals surface area contributed by atoms with E-state index in [2.05, 4.69) is 15.6 Å². The molecule has 0 radical (unpaired) electrons. The summed E-state index contributed by atoms with van der Waals surface area (Å²) in [6.07, 6.45) is -1.15. The summed E-state index contributed by atoms with van der Waals surface area (Å²) in [6.45, 7) is 3.98. The molecule has 3 rings (SSSR count). The number of carbonyl (C=O) groups is 3. The van der Waals surface area contributed by atoms with E-state index in [9.17, 15) is 14.4 Å². The molecule has 204 valence electrons. The molecule has 2 amide bonds. The summed E-state index contributed by atoms with van der Waals surface area (Å²) in [5, 5.41) is 4.84. The van der Waals surface area contributed by atoms with Crippen molar-refractivity contribution in [3.63, 3.8) is 0 Å². The van der Waals surface area contributed by atoms with Crippen LogP contribution in [0.15, 0.2) is 89.9 Å². The molecule has 0 aromatic heterocycles. The van der Waals surface area contributed by atoms with Crippen molar-refractivity contribution in [2.45, 2.75) is 39.5 Å². The molecule has 0 fully saturated rings. The van der Waals surface area contributed by atoms with E-state index in [0.29, 0.717) is 12.1 Å². The molecular weight excluding hydrogens is 500 g/mol. The quantitative estimate of drug-likeness (QED) is 0.155. The van der Waals surface area contributed by atoms with Crippen LogP contribution in [-0.2, 0) is 27.5 Å². The fourth-order valence-electron chi connectivity index (χ4n) is 3.31. The van der Waals surface area contributed by atoms with Gasteiger partial charge in [0, 0.05) is 0 Å². The Bertz CT molecular complexity index is 1190. The number of rotatable bonds is 9. The van der Waals surface area contributed by atoms with Crippen molar-refractivity contribution in [1.29, 1.82) is 0 Å². The molecule has 39 heavy (non-hydrogen) atoms. The molecule has 0 bridgehead atoms. The van der Waals surface area contributed by atoms with Crippen molar-refractivity contribution in [3.8, 4) is 5.75 Å². The molecular formula is C29H32N4O6. The smallest absolute Gasteiger partial charge is 0.414 e. The SMILES string of the molecule is CC(C)C[C@H](N)C(=O)Oc1ccc(N=C(NC(=O)OCc2ccccc2)NC(=O)OCc2ccccc2)cc1. The zero-order valence-corrected chi connectivity index (χ0v) is 21.8. The van der Waals surface area contributed by atoms with Crippen LogP contribution in [0.1, 0.15) is 31.4 Å². The van der Waals surface area contributed by atoms with Crippen LogP contribution >= 0.6 is 0 Å². The summed E-state index contributed by atoms with van der Waals surface area (Å²) in [4.78, 5) is 41.3. The van der Waals surface area contributed by atoms with Crippen LogP contribution in [0.4, 0.5) is 15.3 Å². The first-order chi connectivity index (χ1) is 18.8. The second-order valence-corrected chi connectivity index (χ2v) is 8.98. The Hall–Kier alpha value is -4.70. The number of hydrogen-bond donors (Lipinski definition) is 3. The van der Waals surface area contributed by atoms with E-state index in [1.807, 2.05) is 74.5 Å². The molecule has 0 saturated heterocycles. The number of nitrogens with two attached hydrogens (primary N) is 1. The summed E-state index contributed by atoms with van der Waals surface area (Å²) in [7, 11) is 0. The maximum Gasteiger partial charge on any atom is 0.414 e. The number of carbonyl (C=O) groups excluding carboxylic acids is 3. The van der Waals surface area contributed by atoms with Crippen LogP contribution in [0, 0.1) is 5.92 Å². The molecule has 1 atom stereocenters. The standard InChI is InChI=1S/C29H32N4O6/c1-20(2)17-25(30)26(34)39-24-15-13-23(14-16-24)31-27(32-28(35)37-18-21-9-5-3-6-10-21)33-29(36)38-19-22-11-7-4-8-12-22/h3-16,20,25H,17-19,30H2,1-2H3,(H2,31,32,33,35,36)/t25-/m0/s1. The first-order valence-electron chi connectivity index (χ1n) is 12.4. The lowest BCUT2D eigenvalue weighted by atomic mass is 10.1. The van der Waals surface area contributed by atoms with Crippen molar-refractivity contribution in [3.05, 3.63) is 96.1 Å². The van der Waals surface area contributed by atoms with Gasteiger partial charge in [0.15, 0.2) is 0 Å². The van der Waals surface area contributed by atoms with Gasteiger partial charge in [0.25, 0.3) is 0 Å². The predicted molar refractivity (Wildman–Crippen MR) is 146 cm³/mol. The number of alkyl carbamates (subject to hydrolysis) is 2. The third-order valence-corrected chi connectivity index (χ3v) is 5.19. The van der Waals surface area contributed by atoms with Gasteiger partial charge in [0.1, 0.15) is 25.0 Å². The predicted octanol–water partition coefficient (Wildman–Crippen LogP) is 4.81. The van der Waals surface area contributed by atoms with Crippen molar-refractivity contribution >= 4 is 29.8 Å². The van der Waals surface area contributed by atoms with Crippen LogP contribution in [0.5, 0.6) is 5.75 Å². The van der Waals surface area contributed by atoms with Gasteiger partial charge in [-0.25, -0.2) is 19.4 Å². The van der Waals surface area contributed by atoms with E-state index in [1.165, 1.54) is 12.1 Å². The Labute approximate surface area is 227 Å². The average Bonchev–Trinajstić information content (AvgIpc) is 2.92. The van der Waals surface area contributed by atoms with E-state index >= 15 is 0 Å². The van der Waals surface area contributed by atoms with Gasteiger partial charge in [0.2, 0.25) is 5.96 Å². The molecule has 0 saturated carbocycles. The van der Waals surface area contributed by atoms with Gasteiger partial charge in [0.05, 0.1) is 5.69 Å². The van der Waals surface area contributed by atoms with Crippen molar-refractivity contribution < 1.29 is 28.6 Å². The number of aliphatic imine (C=N–C) groups is 1. The number of benzene rings is 3. The highest BCUT2D eigenvalue weighted by molar-refractivity contribution is 6.02. The van der Waals surface area contributed by atoms with E-state index in [4.69, 9.17) is 19.9 Å².